The SMILES string of the molecule is CCCCc1cc([C@H](C)NC(=O)c2ccc3c(Cc4cccc(OC(C)(C)C(=O)O)c4)c(C)n(CC(C)C)c3c2)ccc1F. The summed E-state index contributed by atoms with van der Waals surface area (Å²) in [6, 6.07) is 18.2. The summed E-state index contributed by atoms with van der Waals surface area (Å²) in [5.41, 5.74) is 5.07. The fourth-order valence-corrected chi connectivity index (χ4v) is 5.56. The zero-order valence-electron chi connectivity index (χ0n) is 27.0. The Kier molecular flexibility index (Phi) is 10.2. The maximum absolute atomic E-state index is 14.3. The number of halogens is 1. The number of carboxylic acid groups (broad SMARTS) is 1. The number of fused-ring (bicyclic) bond motifs is 1. The highest BCUT2D eigenvalue weighted by Gasteiger charge is 2.29. The minimum atomic E-state index is -1.34. The fraction of sp³-hybridized carbons (Fsp3) is 0.405. The molecule has 1 heterocycles. The first-order valence-corrected chi connectivity index (χ1v) is 15.5. The van der Waals surface area contributed by atoms with Crippen molar-refractivity contribution in [2.45, 2.75) is 92.3 Å². The molecule has 0 saturated heterocycles. The van der Waals surface area contributed by atoms with E-state index in [4.69, 9.17) is 4.74 Å². The Labute approximate surface area is 260 Å². The molecular formula is C37H45FN2O4. The van der Waals surface area contributed by atoms with Crippen molar-refractivity contribution in [3.63, 3.8) is 0 Å². The van der Waals surface area contributed by atoms with Crippen LogP contribution in [0.25, 0.3) is 10.9 Å². The van der Waals surface area contributed by atoms with Crippen LogP contribution in [0.2, 0.25) is 0 Å². The average molecular weight is 601 g/mol. The third-order valence-electron chi connectivity index (χ3n) is 8.15. The predicted molar refractivity (Wildman–Crippen MR) is 174 cm³/mol. The number of aryl methyl sites for hydroxylation is 1. The van der Waals surface area contributed by atoms with Gasteiger partial charge in [-0.3, -0.25) is 4.79 Å². The van der Waals surface area contributed by atoms with Crippen molar-refractivity contribution in [3.8, 4) is 5.75 Å². The number of carboxylic acids is 1. The van der Waals surface area contributed by atoms with Crippen LogP contribution in [0.4, 0.5) is 4.39 Å². The van der Waals surface area contributed by atoms with Crippen LogP contribution in [0.15, 0.2) is 60.7 Å². The van der Waals surface area contributed by atoms with Gasteiger partial charge in [0, 0.05) is 28.7 Å². The summed E-state index contributed by atoms with van der Waals surface area (Å²) in [4.78, 5) is 25.0. The Hall–Kier alpha value is -4.13. The number of unbranched alkanes of at least 4 members (excludes halogenated alkanes) is 1. The number of hydrogen-bond acceptors (Lipinski definition) is 3. The molecule has 0 spiro atoms. The van der Waals surface area contributed by atoms with Gasteiger partial charge in [0.15, 0.2) is 5.60 Å². The molecule has 2 N–H and O–H groups in total. The highest BCUT2D eigenvalue weighted by Crippen LogP contribution is 2.31. The van der Waals surface area contributed by atoms with Crippen molar-refractivity contribution >= 4 is 22.8 Å². The molecule has 0 aliphatic rings. The second kappa shape index (κ2) is 13.7. The molecule has 234 valence electrons. The van der Waals surface area contributed by atoms with E-state index in [2.05, 4.69) is 37.6 Å². The quantitative estimate of drug-likeness (QED) is 0.161. The summed E-state index contributed by atoms with van der Waals surface area (Å²) in [6.45, 7) is 14.3. The number of nitrogens with zero attached hydrogens (tertiary/aromatic N) is 1. The Bertz CT molecular complexity index is 1650. The van der Waals surface area contributed by atoms with Gasteiger partial charge in [-0.1, -0.05) is 57.5 Å². The lowest BCUT2D eigenvalue weighted by atomic mass is 10.00. The molecule has 7 heteroatoms. The highest BCUT2D eigenvalue weighted by atomic mass is 19.1. The lowest BCUT2D eigenvalue weighted by Crippen LogP contribution is -2.37. The summed E-state index contributed by atoms with van der Waals surface area (Å²) in [5.74, 6) is -0.512. The van der Waals surface area contributed by atoms with E-state index in [1.807, 2.05) is 49.4 Å². The van der Waals surface area contributed by atoms with E-state index in [0.717, 1.165) is 52.7 Å². The number of ether oxygens (including phenoxy) is 1. The molecule has 0 aliphatic heterocycles. The van der Waals surface area contributed by atoms with Crippen LogP contribution in [-0.2, 0) is 24.2 Å². The molecule has 0 radical (unpaired) electrons. The summed E-state index contributed by atoms with van der Waals surface area (Å²) in [5, 5.41) is 13.7. The predicted octanol–water partition coefficient (Wildman–Crippen LogP) is 8.41. The lowest BCUT2D eigenvalue weighted by molar-refractivity contribution is -0.152. The Morgan fingerprint density at radius 1 is 1.05 bits per heavy atom. The van der Waals surface area contributed by atoms with E-state index in [0.29, 0.717) is 35.6 Å². The molecule has 1 aromatic heterocycles. The van der Waals surface area contributed by atoms with Crippen LogP contribution >= 0.6 is 0 Å². The first-order chi connectivity index (χ1) is 20.8. The Morgan fingerprint density at radius 2 is 1.80 bits per heavy atom. The van der Waals surface area contributed by atoms with Crippen molar-refractivity contribution in [1.82, 2.24) is 9.88 Å². The number of carbonyl (C=O) groups excluding carboxylic acids is 1. The Morgan fingerprint density at radius 3 is 2.48 bits per heavy atom. The number of rotatable bonds is 13. The van der Waals surface area contributed by atoms with E-state index in [1.165, 1.54) is 19.9 Å². The molecule has 44 heavy (non-hydrogen) atoms. The van der Waals surface area contributed by atoms with Crippen molar-refractivity contribution in [3.05, 3.63) is 100.0 Å². The largest absolute Gasteiger partial charge is 0.478 e. The van der Waals surface area contributed by atoms with E-state index < -0.39 is 11.6 Å². The minimum Gasteiger partial charge on any atom is -0.478 e. The van der Waals surface area contributed by atoms with Gasteiger partial charge in [0.25, 0.3) is 5.91 Å². The van der Waals surface area contributed by atoms with Gasteiger partial charge in [-0.05, 0) is 105 Å². The number of nitrogens with one attached hydrogen (secondary N) is 1. The minimum absolute atomic E-state index is 0.179. The van der Waals surface area contributed by atoms with Crippen molar-refractivity contribution in [1.29, 1.82) is 0 Å². The maximum atomic E-state index is 14.3. The fourth-order valence-electron chi connectivity index (χ4n) is 5.56. The first-order valence-electron chi connectivity index (χ1n) is 15.5. The summed E-state index contributed by atoms with van der Waals surface area (Å²) >= 11 is 0. The molecule has 3 aromatic carbocycles. The molecule has 0 aliphatic carbocycles. The van der Waals surface area contributed by atoms with Crippen LogP contribution in [0, 0.1) is 18.7 Å². The van der Waals surface area contributed by atoms with E-state index in [9.17, 15) is 19.1 Å². The zero-order valence-corrected chi connectivity index (χ0v) is 27.0. The topological polar surface area (TPSA) is 80.6 Å². The van der Waals surface area contributed by atoms with Crippen LogP contribution in [0.3, 0.4) is 0 Å². The molecule has 4 rings (SSSR count). The molecule has 6 nitrogen and oxygen atoms in total. The van der Waals surface area contributed by atoms with Crippen molar-refractivity contribution in [2.75, 3.05) is 0 Å². The third kappa shape index (κ3) is 7.50. The van der Waals surface area contributed by atoms with E-state index >= 15 is 0 Å². The number of aliphatic carboxylic acids is 1. The first kappa shape index (κ1) is 32.8. The number of aromatic nitrogens is 1. The van der Waals surface area contributed by atoms with Crippen molar-refractivity contribution in [2.24, 2.45) is 5.92 Å². The smallest absolute Gasteiger partial charge is 0.347 e. The van der Waals surface area contributed by atoms with E-state index in [-0.39, 0.29) is 17.8 Å². The van der Waals surface area contributed by atoms with Crippen LogP contribution < -0.4 is 10.1 Å². The molecule has 0 saturated carbocycles. The molecule has 0 unspecified atom stereocenters. The normalized spacial score (nSPS) is 12.5. The number of carbonyl (C=O) groups is 2. The number of amides is 1. The van der Waals surface area contributed by atoms with E-state index in [1.54, 1.807) is 12.1 Å². The molecule has 1 amide bonds. The standard InChI is InChI=1S/C37H45FN2O4/c1-8-9-12-28-20-27(15-17-33(28)38)24(4)39-35(41)29-14-16-31-32(25(5)40(22-23(2)3)34(31)21-29)19-26-11-10-13-30(18-26)44-37(6,7)36(42)43/h10-11,13-18,20-21,23-24H,8-9,12,19,22H2,1-7H3,(H,39,41)(H,42,43)/t24-/m0/s1. The van der Waals surface area contributed by atoms with Gasteiger partial charge in [0.05, 0.1) is 6.04 Å². The third-order valence-corrected chi connectivity index (χ3v) is 8.15. The maximum Gasteiger partial charge on any atom is 0.347 e. The van der Waals surface area contributed by atoms with Crippen LogP contribution in [-0.4, -0.2) is 27.2 Å². The number of hydrogen-bond donors (Lipinski definition) is 2. The van der Waals surface area contributed by atoms with Gasteiger partial charge in [-0.15, -0.1) is 0 Å². The highest BCUT2D eigenvalue weighted by molar-refractivity contribution is 5.99. The molecule has 1 atom stereocenters. The second-order valence-corrected chi connectivity index (χ2v) is 12.7. The lowest BCUT2D eigenvalue weighted by Gasteiger charge is -2.21. The van der Waals surface area contributed by atoms with Gasteiger partial charge in [-0.25, -0.2) is 9.18 Å². The average Bonchev–Trinajstić information content (AvgIpc) is 3.21. The van der Waals surface area contributed by atoms with Gasteiger partial charge in [0.2, 0.25) is 0 Å². The Balaban J connectivity index is 1.63. The number of benzene rings is 3. The summed E-state index contributed by atoms with van der Waals surface area (Å²) in [7, 11) is 0. The second-order valence-electron chi connectivity index (χ2n) is 12.7. The van der Waals surface area contributed by atoms with Gasteiger partial charge in [-0.2, -0.15) is 0 Å². The van der Waals surface area contributed by atoms with Gasteiger partial charge >= 0.3 is 5.97 Å². The summed E-state index contributed by atoms with van der Waals surface area (Å²) < 4.78 is 22.4. The molecule has 4 aromatic rings. The van der Waals surface area contributed by atoms with Gasteiger partial charge < -0.3 is 19.7 Å². The molecular weight excluding hydrogens is 555 g/mol. The monoisotopic (exact) mass is 600 g/mol. The summed E-state index contributed by atoms with van der Waals surface area (Å²) in [6.07, 6.45) is 3.22. The van der Waals surface area contributed by atoms with Crippen molar-refractivity contribution < 1.29 is 23.8 Å². The van der Waals surface area contributed by atoms with Crippen LogP contribution in [0.5, 0.6) is 5.75 Å². The molecule has 0 fully saturated rings. The van der Waals surface area contributed by atoms with Crippen LogP contribution in [0.1, 0.15) is 98.7 Å². The molecule has 0 bridgehead atoms. The van der Waals surface area contributed by atoms with Gasteiger partial charge in [0.1, 0.15) is 11.6 Å². The zero-order chi connectivity index (χ0) is 32.2.